The average Bonchev–Trinajstić information content (AvgIpc) is 3.26. The first kappa shape index (κ1) is 17.2. The van der Waals surface area contributed by atoms with Gasteiger partial charge in [0, 0.05) is 39.1 Å². The highest BCUT2D eigenvalue weighted by Crippen LogP contribution is 2.20. The Labute approximate surface area is 146 Å². The maximum atomic E-state index is 12.6. The fraction of sp³-hybridized carbons (Fsp3) is 0.529. The smallest absolute Gasteiger partial charge is 0.272 e. The van der Waals surface area contributed by atoms with Crippen molar-refractivity contribution < 1.29 is 9.59 Å². The summed E-state index contributed by atoms with van der Waals surface area (Å²) in [4.78, 5) is 30.4. The molecule has 0 saturated carbocycles. The second-order valence-corrected chi connectivity index (χ2v) is 6.49. The molecule has 1 fully saturated rings. The SMILES string of the molecule is Cn1cncc1C(=O)N1CCCC(CCNC(=O)Cn2cccn2)C1. The van der Waals surface area contributed by atoms with Crippen LogP contribution in [0.15, 0.2) is 31.0 Å². The molecule has 0 aliphatic carbocycles. The van der Waals surface area contributed by atoms with E-state index in [1.165, 1.54) is 0 Å². The van der Waals surface area contributed by atoms with Gasteiger partial charge in [0.2, 0.25) is 5.91 Å². The van der Waals surface area contributed by atoms with Gasteiger partial charge in [0.25, 0.3) is 5.91 Å². The number of carbonyl (C=O) groups excluding carboxylic acids is 2. The van der Waals surface area contributed by atoms with E-state index in [-0.39, 0.29) is 18.4 Å². The molecule has 8 nitrogen and oxygen atoms in total. The van der Waals surface area contributed by atoms with Gasteiger partial charge in [-0.05, 0) is 31.2 Å². The lowest BCUT2D eigenvalue weighted by atomic mass is 9.94. The van der Waals surface area contributed by atoms with Crippen LogP contribution >= 0.6 is 0 Å². The second kappa shape index (κ2) is 7.96. The van der Waals surface area contributed by atoms with E-state index in [1.54, 1.807) is 40.2 Å². The summed E-state index contributed by atoms with van der Waals surface area (Å²) < 4.78 is 3.35. The van der Waals surface area contributed by atoms with Gasteiger partial charge in [-0.25, -0.2) is 4.98 Å². The molecule has 2 aromatic heterocycles. The Hall–Kier alpha value is -2.64. The molecule has 0 spiro atoms. The number of aryl methyl sites for hydroxylation is 1. The van der Waals surface area contributed by atoms with Gasteiger partial charge in [-0.15, -0.1) is 0 Å². The number of nitrogens with one attached hydrogen (secondary N) is 1. The predicted molar refractivity (Wildman–Crippen MR) is 91.7 cm³/mol. The fourth-order valence-electron chi connectivity index (χ4n) is 3.22. The van der Waals surface area contributed by atoms with Crippen molar-refractivity contribution in [3.05, 3.63) is 36.7 Å². The van der Waals surface area contributed by atoms with Gasteiger partial charge >= 0.3 is 0 Å². The van der Waals surface area contributed by atoms with Crippen molar-refractivity contribution >= 4 is 11.8 Å². The number of rotatable bonds is 6. The quantitative estimate of drug-likeness (QED) is 0.835. The lowest BCUT2D eigenvalue weighted by Gasteiger charge is -2.32. The topological polar surface area (TPSA) is 85.0 Å². The summed E-state index contributed by atoms with van der Waals surface area (Å²) in [7, 11) is 1.83. The number of piperidine rings is 1. The zero-order valence-corrected chi connectivity index (χ0v) is 14.5. The van der Waals surface area contributed by atoms with Crippen molar-refractivity contribution in [1.82, 2.24) is 29.5 Å². The third-order valence-electron chi connectivity index (χ3n) is 4.58. The van der Waals surface area contributed by atoms with Crippen molar-refractivity contribution in [1.29, 1.82) is 0 Å². The Morgan fingerprint density at radius 1 is 1.40 bits per heavy atom. The lowest BCUT2D eigenvalue weighted by Crippen LogP contribution is -2.41. The van der Waals surface area contributed by atoms with E-state index in [9.17, 15) is 9.59 Å². The molecule has 1 aliphatic rings. The minimum absolute atomic E-state index is 0.0346. The van der Waals surface area contributed by atoms with Crippen LogP contribution in [0.3, 0.4) is 0 Å². The molecular weight excluding hydrogens is 320 g/mol. The van der Waals surface area contributed by atoms with E-state index in [0.717, 1.165) is 32.4 Å². The summed E-state index contributed by atoms with van der Waals surface area (Å²) in [5.74, 6) is 0.408. The maximum Gasteiger partial charge on any atom is 0.272 e. The van der Waals surface area contributed by atoms with Crippen LogP contribution in [0.4, 0.5) is 0 Å². The van der Waals surface area contributed by atoms with Crippen LogP contribution in [0.2, 0.25) is 0 Å². The molecule has 2 aromatic rings. The Bertz CT molecular complexity index is 709. The molecule has 8 heteroatoms. The molecule has 0 radical (unpaired) electrons. The van der Waals surface area contributed by atoms with Crippen LogP contribution in [0.25, 0.3) is 0 Å². The van der Waals surface area contributed by atoms with Crippen LogP contribution in [-0.4, -0.2) is 55.7 Å². The van der Waals surface area contributed by atoms with Crippen molar-refractivity contribution in [2.45, 2.75) is 25.8 Å². The monoisotopic (exact) mass is 344 g/mol. The second-order valence-electron chi connectivity index (χ2n) is 6.49. The number of amides is 2. The first-order valence-corrected chi connectivity index (χ1v) is 8.63. The lowest BCUT2D eigenvalue weighted by molar-refractivity contribution is -0.121. The summed E-state index contributed by atoms with van der Waals surface area (Å²) in [6, 6.07) is 1.79. The summed E-state index contributed by atoms with van der Waals surface area (Å²) in [5, 5.41) is 6.95. The molecule has 1 aliphatic heterocycles. The molecule has 2 amide bonds. The number of carbonyl (C=O) groups is 2. The average molecular weight is 344 g/mol. The van der Waals surface area contributed by atoms with Crippen LogP contribution < -0.4 is 5.32 Å². The van der Waals surface area contributed by atoms with Gasteiger partial charge in [0.05, 0.1) is 12.5 Å². The van der Waals surface area contributed by atoms with E-state index in [1.807, 2.05) is 11.9 Å². The minimum atomic E-state index is -0.0395. The van der Waals surface area contributed by atoms with Crippen molar-refractivity contribution in [3.63, 3.8) is 0 Å². The highest BCUT2D eigenvalue weighted by molar-refractivity contribution is 5.92. The molecule has 0 aromatic carbocycles. The third-order valence-corrected chi connectivity index (χ3v) is 4.58. The largest absolute Gasteiger partial charge is 0.354 e. The Morgan fingerprint density at radius 2 is 2.28 bits per heavy atom. The van der Waals surface area contributed by atoms with Gasteiger partial charge in [0.15, 0.2) is 0 Å². The Balaban J connectivity index is 1.43. The highest BCUT2D eigenvalue weighted by atomic mass is 16.2. The molecule has 3 rings (SSSR count). The standard InChI is InChI=1S/C17H24N6O2/c1-21-13-18-10-15(21)17(25)22-8-2-4-14(11-22)5-7-19-16(24)12-23-9-3-6-20-23/h3,6,9-10,13-14H,2,4-5,7-8,11-12H2,1H3,(H,19,24). The van der Waals surface area contributed by atoms with E-state index in [4.69, 9.17) is 0 Å². The Kier molecular flexibility index (Phi) is 5.47. The van der Waals surface area contributed by atoms with Gasteiger partial charge in [-0.2, -0.15) is 5.10 Å². The van der Waals surface area contributed by atoms with E-state index in [2.05, 4.69) is 15.4 Å². The number of hydrogen-bond acceptors (Lipinski definition) is 4. The molecule has 1 N–H and O–H groups in total. The van der Waals surface area contributed by atoms with Crippen LogP contribution in [-0.2, 0) is 18.4 Å². The van der Waals surface area contributed by atoms with Crippen molar-refractivity contribution in [3.8, 4) is 0 Å². The molecule has 1 atom stereocenters. The number of aromatic nitrogens is 4. The van der Waals surface area contributed by atoms with Gasteiger partial charge in [0.1, 0.15) is 12.2 Å². The van der Waals surface area contributed by atoms with Gasteiger partial charge in [-0.1, -0.05) is 0 Å². The first-order chi connectivity index (χ1) is 12.1. The molecule has 25 heavy (non-hydrogen) atoms. The van der Waals surface area contributed by atoms with Gasteiger partial charge < -0.3 is 14.8 Å². The summed E-state index contributed by atoms with van der Waals surface area (Å²) in [6.07, 6.45) is 9.64. The third kappa shape index (κ3) is 4.46. The van der Waals surface area contributed by atoms with E-state index >= 15 is 0 Å². The molecular formula is C17H24N6O2. The van der Waals surface area contributed by atoms with Crippen LogP contribution in [0, 0.1) is 5.92 Å². The zero-order chi connectivity index (χ0) is 17.6. The maximum absolute atomic E-state index is 12.6. The van der Waals surface area contributed by atoms with Crippen molar-refractivity contribution in [2.75, 3.05) is 19.6 Å². The highest BCUT2D eigenvalue weighted by Gasteiger charge is 2.25. The normalized spacial score (nSPS) is 17.5. The molecule has 0 bridgehead atoms. The van der Waals surface area contributed by atoms with Crippen LogP contribution in [0.1, 0.15) is 29.8 Å². The molecule has 3 heterocycles. The summed E-state index contributed by atoms with van der Waals surface area (Å²) in [5.41, 5.74) is 0.619. The first-order valence-electron chi connectivity index (χ1n) is 8.63. The number of nitrogens with zero attached hydrogens (tertiary/aromatic N) is 5. The van der Waals surface area contributed by atoms with E-state index in [0.29, 0.717) is 18.2 Å². The zero-order valence-electron chi connectivity index (χ0n) is 14.5. The summed E-state index contributed by atoms with van der Waals surface area (Å²) >= 11 is 0. The molecule has 134 valence electrons. The number of imidazole rings is 1. The van der Waals surface area contributed by atoms with E-state index < -0.39 is 0 Å². The molecule has 1 saturated heterocycles. The van der Waals surface area contributed by atoms with Crippen molar-refractivity contribution in [2.24, 2.45) is 13.0 Å². The van der Waals surface area contributed by atoms with Gasteiger partial charge in [-0.3, -0.25) is 14.3 Å². The predicted octanol–water partition coefficient (Wildman–Crippen LogP) is 0.675. The van der Waals surface area contributed by atoms with Crippen LogP contribution in [0.5, 0.6) is 0 Å². The minimum Gasteiger partial charge on any atom is -0.354 e. The summed E-state index contributed by atoms with van der Waals surface area (Å²) in [6.45, 7) is 2.38. The number of likely N-dealkylation sites (tertiary alicyclic amines) is 1. The Morgan fingerprint density at radius 3 is 3.00 bits per heavy atom. The molecule has 1 unspecified atom stereocenters. The fourth-order valence-corrected chi connectivity index (χ4v) is 3.22. The number of hydrogen-bond donors (Lipinski definition) is 1.